The summed E-state index contributed by atoms with van der Waals surface area (Å²) in [4.78, 5) is 1.37. The topological polar surface area (TPSA) is 12.0 Å². The standard InChI is InChI=1S/C8H12NS/c1-9-10(2)8-6-4-3-5-7-8/h3-7,9H,1-2H3/q+1. The van der Waals surface area contributed by atoms with Crippen molar-refractivity contribution in [2.75, 3.05) is 13.3 Å². The van der Waals surface area contributed by atoms with Crippen LogP contribution < -0.4 is 4.72 Å². The number of hydrogen-bond acceptors (Lipinski definition) is 1. The van der Waals surface area contributed by atoms with Gasteiger partial charge in [-0.3, -0.25) is 0 Å². The maximum Gasteiger partial charge on any atom is 0.175 e. The number of hydrogen-bond donors (Lipinski definition) is 1. The molecule has 1 aromatic carbocycles. The predicted octanol–water partition coefficient (Wildman–Crippen LogP) is 1.43. The van der Waals surface area contributed by atoms with Crippen LogP contribution in [0.1, 0.15) is 0 Å². The van der Waals surface area contributed by atoms with E-state index in [1.54, 1.807) is 0 Å². The molecule has 2 heteroatoms. The number of rotatable bonds is 2. The average Bonchev–Trinajstić information content (AvgIpc) is 2.05. The van der Waals surface area contributed by atoms with E-state index in [-0.39, 0.29) is 11.1 Å². The van der Waals surface area contributed by atoms with E-state index in [1.807, 2.05) is 13.1 Å². The SMILES string of the molecule is CN[S+](C)c1ccccc1. The van der Waals surface area contributed by atoms with Crippen LogP contribution in [0.15, 0.2) is 35.2 Å². The molecule has 0 spiro atoms. The summed E-state index contributed by atoms with van der Waals surface area (Å²) in [6.45, 7) is 0. The fraction of sp³-hybridized carbons (Fsp3) is 0.250. The minimum Gasteiger partial charge on any atom is -0.137 e. The first-order valence-electron chi connectivity index (χ1n) is 3.23. The van der Waals surface area contributed by atoms with Crippen LogP contribution in [0.2, 0.25) is 0 Å². The molecule has 1 unspecified atom stereocenters. The van der Waals surface area contributed by atoms with Gasteiger partial charge in [-0.2, -0.15) is 0 Å². The fourth-order valence-electron chi connectivity index (χ4n) is 0.742. The fourth-order valence-corrected chi connectivity index (χ4v) is 1.54. The zero-order valence-corrected chi connectivity index (χ0v) is 7.11. The minimum absolute atomic E-state index is 0.210. The van der Waals surface area contributed by atoms with Crippen LogP contribution in [0.25, 0.3) is 0 Å². The zero-order valence-electron chi connectivity index (χ0n) is 6.29. The lowest BCUT2D eigenvalue weighted by atomic mass is 10.4. The lowest BCUT2D eigenvalue weighted by Gasteiger charge is -1.96. The van der Waals surface area contributed by atoms with Gasteiger partial charge >= 0.3 is 0 Å². The lowest BCUT2D eigenvalue weighted by molar-refractivity contribution is 1.25. The molecule has 0 amide bonds. The van der Waals surface area contributed by atoms with Crippen molar-refractivity contribution in [2.24, 2.45) is 0 Å². The van der Waals surface area contributed by atoms with Gasteiger partial charge in [-0.15, -0.1) is 4.72 Å². The maximum atomic E-state index is 3.21. The van der Waals surface area contributed by atoms with Crippen molar-refractivity contribution in [3.63, 3.8) is 0 Å². The molecule has 0 fully saturated rings. The van der Waals surface area contributed by atoms with Gasteiger partial charge in [-0.1, -0.05) is 18.2 Å². The molecule has 0 bridgehead atoms. The Morgan fingerprint density at radius 3 is 2.30 bits per heavy atom. The highest BCUT2D eigenvalue weighted by molar-refractivity contribution is 7.94. The van der Waals surface area contributed by atoms with E-state index >= 15 is 0 Å². The van der Waals surface area contributed by atoms with E-state index in [0.717, 1.165) is 0 Å². The van der Waals surface area contributed by atoms with Gasteiger partial charge in [0.2, 0.25) is 0 Å². The molecule has 0 saturated heterocycles. The highest BCUT2D eigenvalue weighted by Crippen LogP contribution is 2.05. The van der Waals surface area contributed by atoms with Gasteiger partial charge in [0.05, 0.1) is 0 Å². The molecule has 0 aliphatic heterocycles. The van der Waals surface area contributed by atoms with Crippen molar-refractivity contribution in [1.29, 1.82) is 0 Å². The van der Waals surface area contributed by atoms with Crippen LogP contribution in [0.5, 0.6) is 0 Å². The van der Waals surface area contributed by atoms with Gasteiger partial charge in [0.1, 0.15) is 17.3 Å². The Morgan fingerprint density at radius 1 is 1.20 bits per heavy atom. The molecule has 1 aromatic rings. The summed E-state index contributed by atoms with van der Waals surface area (Å²) in [7, 11) is 1.98. The Bertz CT molecular complexity index is 186. The molecule has 0 radical (unpaired) electrons. The molecule has 0 heterocycles. The summed E-state index contributed by atoms with van der Waals surface area (Å²) in [5.74, 6) is 0. The Balaban J connectivity index is 2.75. The van der Waals surface area contributed by atoms with Crippen molar-refractivity contribution in [2.45, 2.75) is 4.90 Å². The molecule has 10 heavy (non-hydrogen) atoms. The third-order valence-corrected chi connectivity index (χ3v) is 2.99. The molecule has 0 aliphatic rings. The first-order chi connectivity index (χ1) is 4.84. The second kappa shape index (κ2) is 3.64. The lowest BCUT2D eigenvalue weighted by Crippen LogP contribution is -2.17. The summed E-state index contributed by atoms with van der Waals surface area (Å²) in [5, 5.41) is 0. The smallest absolute Gasteiger partial charge is 0.137 e. The van der Waals surface area contributed by atoms with Gasteiger partial charge in [0, 0.05) is 7.05 Å². The second-order valence-corrected chi connectivity index (χ2v) is 3.93. The normalized spacial score (nSPS) is 13.0. The molecule has 1 nitrogen and oxygen atoms in total. The van der Waals surface area contributed by atoms with E-state index in [1.165, 1.54) is 4.90 Å². The van der Waals surface area contributed by atoms with E-state index in [2.05, 4.69) is 35.2 Å². The van der Waals surface area contributed by atoms with Crippen LogP contribution in [-0.4, -0.2) is 13.3 Å². The molecular weight excluding hydrogens is 142 g/mol. The van der Waals surface area contributed by atoms with Gasteiger partial charge < -0.3 is 0 Å². The van der Waals surface area contributed by atoms with Crippen molar-refractivity contribution < 1.29 is 0 Å². The molecule has 54 valence electrons. The third kappa shape index (κ3) is 1.75. The van der Waals surface area contributed by atoms with Crippen LogP contribution in [-0.2, 0) is 11.1 Å². The van der Waals surface area contributed by atoms with Crippen molar-refractivity contribution in [3.8, 4) is 0 Å². The molecule has 0 aliphatic carbocycles. The van der Waals surface area contributed by atoms with Crippen molar-refractivity contribution >= 4 is 11.1 Å². The van der Waals surface area contributed by atoms with Crippen LogP contribution >= 0.6 is 0 Å². The number of nitrogens with one attached hydrogen (secondary N) is 1. The van der Waals surface area contributed by atoms with Gasteiger partial charge in [0.25, 0.3) is 0 Å². The first kappa shape index (κ1) is 7.63. The van der Waals surface area contributed by atoms with Crippen LogP contribution in [0, 0.1) is 0 Å². The predicted molar refractivity (Wildman–Crippen MR) is 47.1 cm³/mol. The van der Waals surface area contributed by atoms with Crippen molar-refractivity contribution in [1.82, 2.24) is 4.72 Å². The molecule has 0 aromatic heterocycles. The van der Waals surface area contributed by atoms with E-state index in [0.29, 0.717) is 0 Å². The summed E-state index contributed by atoms with van der Waals surface area (Å²) >= 11 is 0.210. The largest absolute Gasteiger partial charge is 0.175 e. The van der Waals surface area contributed by atoms with Crippen LogP contribution in [0.4, 0.5) is 0 Å². The summed E-state index contributed by atoms with van der Waals surface area (Å²) < 4.78 is 3.21. The average molecular weight is 154 g/mol. The zero-order chi connectivity index (χ0) is 7.40. The van der Waals surface area contributed by atoms with Gasteiger partial charge in [-0.05, 0) is 12.1 Å². The quantitative estimate of drug-likeness (QED) is 0.635. The maximum absolute atomic E-state index is 3.21. The Hall–Kier alpha value is -0.470. The van der Waals surface area contributed by atoms with E-state index in [4.69, 9.17) is 0 Å². The Morgan fingerprint density at radius 2 is 1.80 bits per heavy atom. The Labute approximate surface area is 64.9 Å². The molecule has 1 atom stereocenters. The first-order valence-corrected chi connectivity index (χ1v) is 4.86. The highest BCUT2D eigenvalue weighted by Gasteiger charge is 2.09. The summed E-state index contributed by atoms with van der Waals surface area (Å²) in [6.07, 6.45) is 2.18. The Kier molecular flexibility index (Phi) is 2.78. The van der Waals surface area contributed by atoms with Gasteiger partial charge in [0.15, 0.2) is 4.90 Å². The van der Waals surface area contributed by atoms with E-state index in [9.17, 15) is 0 Å². The molecule has 1 rings (SSSR count). The molecule has 0 saturated carbocycles. The molecule has 1 N–H and O–H groups in total. The summed E-state index contributed by atoms with van der Waals surface area (Å²) in [6, 6.07) is 10.4. The van der Waals surface area contributed by atoms with Crippen molar-refractivity contribution in [3.05, 3.63) is 30.3 Å². The van der Waals surface area contributed by atoms with Gasteiger partial charge in [-0.25, -0.2) is 0 Å². The molecular formula is C8H12NS+. The highest BCUT2D eigenvalue weighted by atomic mass is 32.2. The second-order valence-electron chi connectivity index (χ2n) is 2.03. The monoisotopic (exact) mass is 154 g/mol. The third-order valence-electron chi connectivity index (χ3n) is 1.40. The van der Waals surface area contributed by atoms with Crippen LogP contribution in [0.3, 0.4) is 0 Å². The minimum atomic E-state index is 0.210. The van der Waals surface area contributed by atoms with E-state index < -0.39 is 0 Å². The summed E-state index contributed by atoms with van der Waals surface area (Å²) in [5.41, 5.74) is 0. The number of benzene rings is 1.